The summed E-state index contributed by atoms with van der Waals surface area (Å²) in [6.45, 7) is 2.09. The maximum Gasteiger partial charge on any atom is 0.141 e. The molecule has 0 saturated heterocycles. The molecule has 0 radical (unpaired) electrons. The average molecular weight is 298 g/mol. The molecule has 0 aliphatic heterocycles. The average Bonchev–Trinajstić information content (AvgIpc) is 3.22. The van der Waals surface area contributed by atoms with Gasteiger partial charge in [0, 0.05) is 11.6 Å². The Hall–Kier alpha value is -2.00. The molecule has 0 bridgehead atoms. The van der Waals surface area contributed by atoms with Crippen LogP contribution in [0, 0.1) is 6.92 Å². The van der Waals surface area contributed by atoms with Crippen molar-refractivity contribution in [2.75, 3.05) is 5.73 Å². The third kappa shape index (κ3) is 2.09. The van der Waals surface area contributed by atoms with E-state index in [0.29, 0.717) is 16.8 Å². The van der Waals surface area contributed by atoms with E-state index >= 15 is 0 Å². The van der Waals surface area contributed by atoms with E-state index in [-0.39, 0.29) is 0 Å². The fraction of sp³-hybridized carbons (Fsp3) is 0.235. The molecule has 0 amide bonds. The van der Waals surface area contributed by atoms with E-state index < -0.39 is 0 Å². The summed E-state index contributed by atoms with van der Waals surface area (Å²) in [7, 11) is 0. The number of anilines is 1. The maximum atomic E-state index is 6.03. The molecule has 1 aliphatic rings. The molecule has 2 N–H and O–H groups in total. The Morgan fingerprint density at radius 3 is 2.71 bits per heavy atom. The van der Waals surface area contributed by atoms with Gasteiger partial charge in [-0.25, -0.2) is 4.98 Å². The van der Waals surface area contributed by atoms with Crippen LogP contribution in [-0.2, 0) is 0 Å². The van der Waals surface area contributed by atoms with Crippen LogP contribution in [0.4, 0.5) is 5.69 Å². The van der Waals surface area contributed by atoms with E-state index in [1.807, 2.05) is 18.2 Å². The molecular formula is C17H16ClN3. The number of imidazole rings is 1. The van der Waals surface area contributed by atoms with Gasteiger partial charge in [0.2, 0.25) is 0 Å². The number of benzene rings is 2. The molecule has 0 spiro atoms. The lowest BCUT2D eigenvalue weighted by Gasteiger charge is -2.09. The number of aromatic nitrogens is 2. The number of rotatable bonds is 2. The summed E-state index contributed by atoms with van der Waals surface area (Å²) in [4.78, 5) is 4.84. The van der Waals surface area contributed by atoms with E-state index in [9.17, 15) is 0 Å². The number of nitrogens with zero attached hydrogens (tertiary/aromatic N) is 2. The largest absolute Gasteiger partial charge is 0.398 e. The predicted molar refractivity (Wildman–Crippen MR) is 87.6 cm³/mol. The minimum absolute atomic E-state index is 0.560. The number of hydrogen-bond donors (Lipinski definition) is 1. The fourth-order valence-electron chi connectivity index (χ4n) is 2.80. The van der Waals surface area contributed by atoms with Crippen molar-refractivity contribution in [1.82, 2.24) is 9.55 Å². The molecule has 1 aromatic heterocycles. The third-order valence-electron chi connectivity index (χ3n) is 4.01. The Bertz CT molecular complexity index is 847. The van der Waals surface area contributed by atoms with Gasteiger partial charge in [-0.05, 0) is 55.7 Å². The van der Waals surface area contributed by atoms with Gasteiger partial charge < -0.3 is 10.3 Å². The first-order valence-electron chi connectivity index (χ1n) is 7.17. The standard InChI is InChI=1S/C17H16ClN3/c1-10-2-7-16-15(8-10)20-17(21(16)12-4-5-12)11-3-6-13(18)14(19)9-11/h2-3,6-9,12H,4-5,19H2,1H3. The van der Waals surface area contributed by atoms with Gasteiger partial charge in [-0.1, -0.05) is 17.7 Å². The summed E-state index contributed by atoms with van der Waals surface area (Å²) in [6.07, 6.45) is 2.44. The topological polar surface area (TPSA) is 43.8 Å². The van der Waals surface area contributed by atoms with Crippen LogP contribution in [0.25, 0.3) is 22.4 Å². The Morgan fingerprint density at radius 1 is 1.19 bits per heavy atom. The van der Waals surface area contributed by atoms with E-state index in [0.717, 1.165) is 16.9 Å². The van der Waals surface area contributed by atoms with Gasteiger partial charge >= 0.3 is 0 Å². The van der Waals surface area contributed by atoms with Crippen LogP contribution >= 0.6 is 11.6 Å². The highest BCUT2D eigenvalue weighted by Crippen LogP contribution is 2.41. The number of halogens is 1. The van der Waals surface area contributed by atoms with E-state index in [4.69, 9.17) is 22.3 Å². The van der Waals surface area contributed by atoms with E-state index in [1.165, 1.54) is 23.9 Å². The van der Waals surface area contributed by atoms with Crippen molar-refractivity contribution >= 4 is 28.3 Å². The second-order valence-corrected chi connectivity index (χ2v) is 6.17. The summed E-state index contributed by atoms with van der Waals surface area (Å²) >= 11 is 6.03. The first-order chi connectivity index (χ1) is 10.1. The van der Waals surface area contributed by atoms with Crippen molar-refractivity contribution in [3.63, 3.8) is 0 Å². The number of hydrogen-bond acceptors (Lipinski definition) is 2. The van der Waals surface area contributed by atoms with Gasteiger partial charge in [-0.15, -0.1) is 0 Å². The highest BCUT2D eigenvalue weighted by Gasteiger charge is 2.28. The Balaban J connectivity index is 1.98. The molecule has 1 aliphatic carbocycles. The van der Waals surface area contributed by atoms with Crippen LogP contribution in [0.1, 0.15) is 24.4 Å². The molecule has 106 valence electrons. The first-order valence-corrected chi connectivity index (χ1v) is 7.55. The van der Waals surface area contributed by atoms with Gasteiger partial charge in [-0.3, -0.25) is 0 Å². The zero-order valence-corrected chi connectivity index (χ0v) is 12.6. The van der Waals surface area contributed by atoms with Crippen molar-refractivity contribution in [3.8, 4) is 11.4 Å². The van der Waals surface area contributed by atoms with Gasteiger partial charge in [0.15, 0.2) is 0 Å². The van der Waals surface area contributed by atoms with Crippen molar-refractivity contribution in [2.45, 2.75) is 25.8 Å². The van der Waals surface area contributed by atoms with Crippen molar-refractivity contribution in [2.24, 2.45) is 0 Å². The number of fused-ring (bicyclic) bond motifs is 1. The molecule has 4 heteroatoms. The molecule has 1 saturated carbocycles. The molecular weight excluding hydrogens is 282 g/mol. The highest BCUT2D eigenvalue weighted by molar-refractivity contribution is 6.33. The molecule has 1 heterocycles. The van der Waals surface area contributed by atoms with Crippen molar-refractivity contribution in [3.05, 3.63) is 47.0 Å². The molecule has 0 unspecified atom stereocenters. The Labute approximate surface area is 128 Å². The molecule has 0 atom stereocenters. The molecule has 21 heavy (non-hydrogen) atoms. The molecule has 2 aromatic carbocycles. The summed E-state index contributed by atoms with van der Waals surface area (Å²) < 4.78 is 2.34. The van der Waals surface area contributed by atoms with E-state index in [2.05, 4.69) is 29.7 Å². The van der Waals surface area contributed by atoms with E-state index in [1.54, 1.807) is 0 Å². The summed E-state index contributed by atoms with van der Waals surface area (Å²) in [5.74, 6) is 0.987. The second kappa shape index (κ2) is 4.50. The monoisotopic (exact) mass is 297 g/mol. The van der Waals surface area contributed by atoms with Crippen LogP contribution in [0.2, 0.25) is 5.02 Å². The fourth-order valence-corrected chi connectivity index (χ4v) is 2.92. The zero-order chi connectivity index (χ0) is 14.6. The van der Waals surface area contributed by atoms with Gasteiger partial charge in [0.1, 0.15) is 5.82 Å². The SMILES string of the molecule is Cc1ccc2c(c1)nc(-c1ccc(Cl)c(N)c1)n2C1CC1. The molecule has 3 aromatic rings. The van der Waals surface area contributed by atoms with Crippen LogP contribution in [-0.4, -0.2) is 9.55 Å². The quantitative estimate of drug-likeness (QED) is 0.703. The maximum absolute atomic E-state index is 6.03. The summed E-state index contributed by atoms with van der Waals surface area (Å²) in [6, 6.07) is 12.7. The van der Waals surface area contributed by atoms with Crippen LogP contribution in [0.5, 0.6) is 0 Å². The summed E-state index contributed by atoms with van der Waals surface area (Å²) in [5, 5.41) is 0.587. The normalized spacial score (nSPS) is 14.8. The van der Waals surface area contributed by atoms with Gasteiger partial charge in [0.25, 0.3) is 0 Å². The number of nitrogens with two attached hydrogens (primary N) is 1. The molecule has 4 rings (SSSR count). The number of nitrogen functional groups attached to an aromatic ring is 1. The van der Waals surface area contributed by atoms with Crippen molar-refractivity contribution < 1.29 is 0 Å². The Morgan fingerprint density at radius 2 is 2.00 bits per heavy atom. The zero-order valence-electron chi connectivity index (χ0n) is 11.8. The van der Waals surface area contributed by atoms with Crippen LogP contribution < -0.4 is 5.73 Å². The summed E-state index contributed by atoms with van der Waals surface area (Å²) in [5.41, 5.74) is 11.0. The first kappa shape index (κ1) is 12.7. The minimum atomic E-state index is 0.560. The lowest BCUT2D eigenvalue weighted by Crippen LogP contribution is -1.98. The second-order valence-electron chi connectivity index (χ2n) is 5.77. The minimum Gasteiger partial charge on any atom is -0.398 e. The molecule has 1 fully saturated rings. The lowest BCUT2D eigenvalue weighted by atomic mass is 10.2. The van der Waals surface area contributed by atoms with Crippen LogP contribution in [0.15, 0.2) is 36.4 Å². The number of aryl methyl sites for hydroxylation is 1. The van der Waals surface area contributed by atoms with Gasteiger partial charge in [0.05, 0.1) is 21.7 Å². The predicted octanol–water partition coefficient (Wildman–Crippen LogP) is 4.58. The smallest absolute Gasteiger partial charge is 0.141 e. The Kier molecular flexibility index (Phi) is 2.73. The third-order valence-corrected chi connectivity index (χ3v) is 4.36. The van der Waals surface area contributed by atoms with Crippen molar-refractivity contribution in [1.29, 1.82) is 0 Å². The lowest BCUT2D eigenvalue weighted by molar-refractivity contribution is 0.775. The highest BCUT2D eigenvalue weighted by atomic mass is 35.5. The molecule has 3 nitrogen and oxygen atoms in total. The van der Waals surface area contributed by atoms with Gasteiger partial charge in [-0.2, -0.15) is 0 Å². The van der Waals surface area contributed by atoms with Crippen LogP contribution in [0.3, 0.4) is 0 Å².